The van der Waals surface area contributed by atoms with Crippen LogP contribution in [0.4, 0.5) is 0 Å². The smallest absolute Gasteiger partial charge is 0.251 e. The van der Waals surface area contributed by atoms with Gasteiger partial charge in [0, 0.05) is 18.7 Å². The number of hydrogen-bond donors (Lipinski definition) is 5. The molecule has 0 aromatic heterocycles. The average molecular weight is 391 g/mol. The summed E-state index contributed by atoms with van der Waals surface area (Å²) in [5.74, 6) is -0.740. The van der Waals surface area contributed by atoms with Crippen LogP contribution in [0.25, 0.3) is 0 Å². The maximum Gasteiger partial charge on any atom is 0.251 e. The van der Waals surface area contributed by atoms with Gasteiger partial charge >= 0.3 is 0 Å². The Kier molecular flexibility index (Phi) is 10.0. The fourth-order valence-electron chi connectivity index (χ4n) is 2.25. The van der Waals surface area contributed by atoms with Crippen LogP contribution in [-0.2, 0) is 4.79 Å². The lowest BCUT2D eigenvalue weighted by atomic mass is 10.1. The van der Waals surface area contributed by atoms with E-state index in [0.717, 1.165) is 0 Å². The Labute approximate surface area is 164 Å². The fraction of sp³-hybridized carbons (Fsp3) is 0.444. The second kappa shape index (κ2) is 12.3. The fourth-order valence-corrected chi connectivity index (χ4v) is 2.25. The molecule has 5 N–H and O–H groups in total. The number of benzene rings is 1. The van der Waals surface area contributed by atoms with Crippen molar-refractivity contribution in [3.8, 4) is 0 Å². The second-order valence-electron chi connectivity index (χ2n) is 6.55. The van der Waals surface area contributed by atoms with Crippen LogP contribution in [0.5, 0.6) is 0 Å². The molecule has 10 heteroatoms. The molecule has 0 aliphatic rings. The number of hydrazine groups is 1. The van der Waals surface area contributed by atoms with E-state index in [9.17, 15) is 19.7 Å². The number of nitrogens with one attached hydrogen (secondary N) is 5. The van der Waals surface area contributed by atoms with Crippen LogP contribution in [0, 0.1) is 28.0 Å². The van der Waals surface area contributed by atoms with Crippen molar-refractivity contribution in [1.29, 1.82) is 5.41 Å². The largest absolute Gasteiger partial charge is 0.352 e. The zero-order chi connectivity index (χ0) is 20.9. The minimum atomic E-state index is -0.837. The summed E-state index contributed by atoms with van der Waals surface area (Å²) in [5.41, 5.74) is 2.13. The Hall–Kier alpha value is -3.17. The monoisotopic (exact) mass is 391 g/mol. The Morgan fingerprint density at radius 1 is 1.25 bits per heavy atom. The molecule has 0 heterocycles. The number of hydrogen-bond acceptors (Lipinski definition) is 5. The number of carbonyl (C=O) groups excluding carboxylic acids is 2. The molecule has 153 valence electrons. The van der Waals surface area contributed by atoms with Gasteiger partial charge in [0.15, 0.2) is 5.03 Å². The van der Waals surface area contributed by atoms with E-state index < -0.39 is 17.0 Å². The predicted octanol–water partition coefficient (Wildman–Crippen LogP) is 1.19. The van der Waals surface area contributed by atoms with E-state index in [4.69, 9.17) is 5.41 Å². The number of rotatable bonds is 11. The standard InChI is InChI=1S/C18H27N6O4/c1-13(2)10-12-20-17(26)15(9-6-11-21-18(19)23-24(27)28)22-16(25)14-7-4-3-5-8-14/h3-5,7-8,12-13,15H,6,9-11H2,1-2H3,(H,20,26)(H,22,25)(H3,19,21,23)/t15-/m0/s1. The number of amides is 2. The molecule has 1 aromatic carbocycles. The summed E-state index contributed by atoms with van der Waals surface area (Å²) in [4.78, 5) is 35.1. The lowest BCUT2D eigenvalue weighted by Crippen LogP contribution is -2.46. The summed E-state index contributed by atoms with van der Waals surface area (Å²) in [6, 6.07) is 7.80. The average Bonchev–Trinajstić information content (AvgIpc) is 2.63. The van der Waals surface area contributed by atoms with Gasteiger partial charge in [0.1, 0.15) is 6.04 Å². The molecule has 1 rings (SSSR count). The van der Waals surface area contributed by atoms with E-state index >= 15 is 0 Å². The molecule has 10 nitrogen and oxygen atoms in total. The highest BCUT2D eigenvalue weighted by Crippen LogP contribution is 2.05. The van der Waals surface area contributed by atoms with Gasteiger partial charge in [-0.1, -0.05) is 37.5 Å². The van der Waals surface area contributed by atoms with Gasteiger partial charge < -0.3 is 16.0 Å². The first-order chi connectivity index (χ1) is 13.3. The van der Waals surface area contributed by atoms with Gasteiger partial charge in [0.05, 0.1) is 0 Å². The molecule has 0 aliphatic heterocycles. The van der Waals surface area contributed by atoms with E-state index in [-0.39, 0.29) is 18.4 Å². The summed E-state index contributed by atoms with van der Waals surface area (Å²) >= 11 is 0. The number of nitro groups is 1. The zero-order valence-corrected chi connectivity index (χ0v) is 16.0. The molecule has 0 fully saturated rings. The highest BCUT2D eigenvalue weighted by atomic mass is 16.7. The van der Waals surface area contributed by atoms with Crippen molar-refractivity contribution in [3.63, 3.8) is 0 Å². The lowest BCUT2D eigenvalue weighted by Gasteiger charge is -2.19. The topological polar surface area (TPSA) is 149 Å². The predicted molar refractivity (Wildman–Crippen MR) is 105 cm³/mol. The highest BCUT2D eigenvalue weighted by molar-refractivity contribution is 5.97. The van der Waals surface area contributed by atoms with Gasteiger partial charge in [0.2, 0.25) is 5.91 Å². The molecule has 0 spiro atoms. The molecule has 0 aliphatic carbocycles. The van der Waals surface area contributed by atoms with Crippen LogP contribution in [0.2, 0.25) is 0 Å². The van der Waals surface area contributed by atoms with Gasteiger partial charge in [-0.15, -0.1) is 0 Å². The molecule has 1 atom stereocenters. The molecule has 0 saturated carbocycles. The van der Waals surface area contributed by atoms with Crippen molar-refractivity contribution in [3.05, 3.63) is 52.6 Å². The summed E-state index contributed by atoms with van der Waals surface area (Å²) in [7, 11) is 0. The Bertz CT molecular complexity index is 665. The van der Waals surface area contributed by atoms with Crippen LogP contribution < -0.4 is 21.4 Å². The molecule has 0 unspecified atom stereocenters. The zero-order valence-electron chi connectivity index (χ0n) is 16.0. The Morgan fingerprint density at radius 2 is 1.93 bits per heavy atom. The van der Waals surface area contributed by atoms with Crippen molar-refractivity contribution in [2.75, 3.05) is 6.54 Å². The van der Waals surface area contributed by atoms with Gasteiger partial charge in [-0.25, -0.2) is 10.1 Å². The highest BCUT2D eigenvalue weighted by Gasteiger charge is 2.21. The molecule has 1 aromatic rings. The third-order valence-electron chi connectivity index (χ3n) is 3.67. The van der Waals surface area contributed by atoms with E-state index in [2.05, 4.69) is 16.0 Å². The molecular weight excluding hydrogens is 364 g/mol. The van der Waals surface area contributed by atoms with Gasteiger partial charge in [-0.3, -0.25) is 15.0 Å². The molecule has 28 heavy (non-hydrogen) atoms. The second-order valence-corrected chi connectivity index (χ2v) is 6.55. The normalized spacial score (nSPS) is 11.4. The van der Waals surface area contributed by atoms with Crippen LogP contribution >= 0.6 is 0 Å². The maximum absolute atomic E-state index is 12.4. The van der Waals surface area contributed by atoms with E-state index in [1.807, 2.05) is 13.8 Å². The first-order valence-electron chi connectivity index (χ1n) is 9.01. The summed E-state index contributed by atoms with van der Waals surface area (Å²) < 4.78 is 0. The molecule has 0 bridgehead atoms. The van der Waals surface area contributed by atoms with Crippen LogP contribution in [0.1, 0.15) is 43.5 Å². The van der Waals surface area contributed by atoms with Crippen LogP contribution in [0.3, 0.4) is 0 Å². The first kappa shape index (κ1) is 22.9. The van der Waals surface area contributed by atoms with Gasteiger partial charge in [-0.2, -0.15) is 0 Å². The molecule has 2 amide bonds. The van der Waals surface area contributed by atoms with E-state index in [1.54, 1.807) is 42.3 Å². The summed E-state index contributed by atoms with van der Waals surface area (Å²) in [6.45, 7) is 5.96. The minimum absolute atomic E-state index is 0.236. The van der Waals surface area contributed by atoms with Crippen molar-refractivity contribution in [2.24, 2.45) is 5.92 Å². The third kappa shape index (κ3) is 9.51. The van der Waals surface area contributed by atoms with Crippen molar-refractivity contribution in [2.45, 2.75) is 39.2 Å². The van der Waals surface area contributed by atoms with Gasteiger partial charge in [0.25, 0.3) is 11.9 Å². The maximum atomic E-state index is 12.4. The third-order valence-corrected chi connectivity index (χ3v) is 3.67. The van der Waals surface area contributed by atoms with E-state index in [1.165, 1.54) is 0 Å². The van der Waals surface area contributed by atoms with Crippen LogP contribution in [0.15, 0.2) is 30.3 Å². The Morgan fingerprint density at radius 3 is 2.54 bits per heavy atom. The molecule has 0 saturated heterocycles. The molecular formula is C18H27N6O4. The quantitative estimate of drug-likeness (QED) is 0.126. The van der Waals surface area contributed by atoms with Crippen molar-refractivity contribution >= 4 is 17.8 Å². The number of guanidine groups is 1. The number of carbonyl (C=O) groups is 2. The van der Waals surface area contributed by atoms with E-state index in [0.29, 0.717) is 30.7 Å². The minimum Gasteiger partial charge on any atom is -0.352 e. The lowest BCUT2D eigenvalue weighted by molar-refractivity contribution is -0.525. The number of nitrogens with zero attached hydrogens (tertiary/aromatic N) is 1. The van der Waals surface area contributed by atoms with Crippen molar-refractivity contribution in [1.82, 2.24) is 21.4 Å². The summed E-state index contributed by atoms with van der Waals surface area (Å²) in [6.07, 6.45) is 1.42. The SMILES string of the molecule is CC(C)C[CH]NC(=O)[C@H](CCCNC(=N)N[N+](=O)[O-])NC(=O)c1ccccc1. The summed E-state index contributed by atoms with van der Waals surface area (Å²) in [5, 5.41) is 24.7. The van der Waals surface area contributed by atoms with Gasteiger partial charge in [-0.05, 0) is 37.3 Å². The Balaban J connectivity index is 2.59. The van der Waals surface area contributed by atoms with Crippen molar-refractivity contribution < 1.29 is 14.6 Å². The van der Waals surface area contributed by atoms with Crippen LogP contribution in [-0.4, -0.2) is 35.4 Å². The molecule has 1 radical (unpaired) electrons. The first-order valence-corrected chi connectivity index (χ1v) is 9.01.